The molecule has 0 aromatic heterocycles. The van der Waals surface area contributed by atoms with Crippen LogP contribution >= 0.6 is 0 Å². The molecule has 0 bridgehead atoms. The summed E-state index contributed by atoms with van der Waals surface area (Å²) in [7, 11) is 0. The van der Waals surface area contributed by atoms with Crippen molar-refractivity contribution in [2.24, 2.45) is 11.1 Å². The molecule has 2 rings (SSSR count). The van der Waals surface area contributed by atoms with Crippen LogP contribution in [0.4, 0.5) is 10.5 Å². The van der Waals surface area contributed by atoms with Crippen LogP contribution in [0.3, 0.4) is 0 Å². The van der Waals surface area contributed by atoms with Crippen molar-refractivity contribution < 1.29 is 4.79 Å². The predicted molar refractivity (Wildman–Crippen MR) is 82.8 cm³/mol. The summed E-state index contributed by atoms with van der Waals surface area (Å²) < 4.78 is 0. The Balaban J connectivity index is 1.85. The number of hydrogen-bond acceptors (Lipinski definition) is 2. The lowest BCUT2D eigenvalue weighted by atomic mass is 9.74. The molecule has 1 fully saturated rings. The van der Waals surface area contributed by atoms with Gasteiger partial charge in [-0.1, -0.05) is 31.4 Å². The number of nitrogens with one attached hydrogen (secondary N) is 2. The summed E-state index contributed by atoms with van der Waals surface area (Å²) >= 11 is 0. The highest BCUT2D eigenvalue weighted by atomic mass is 16.2. The van der Waals surface area contributed by atoms with Crippen LogP contribution < -0.4 is 16.4 Å². The van der Waals surface area contributed by atoms with Crippen molar-refractivity contribution >= 4 is 11.7 Å². The van der Waals surface area contributed by atoms with E-state index in [1.807, 2.05) is 31.2 Å². The Bertz CT molecular complexity index is 453. The molecule has 0 unspecified atom stereocenters. The SMILES string of the molecule is Cc1cccc(NC(=O)NCC2(CN)CCCCC2)c1. The molecule has 0 radical (unpaired) electrons. The summed E-state index contributed by atoms with van der Waals surface area (Å²) in [5.41, 5.74) is 7.98. The van der Waals surface area contributed by atoms with Gasteiger partial charge in [-0.25, -0.2) is 4.79 Å². The Kier molecular flexibility index (Phi) is 5.01. The number of rotatable bonds is 4. The van der Waals surface area contributed by atoms with Gasteiger partial charge in [0.15, 0.2) is 0 Å². The average molecular weight is 275 g/mol. The molecule has 1 saturated carbocycles. The van der Waals surface area contributed by atoms with Gasteiger partial charge in [-0.05, 0) is 44.0 Å². The molecular formula is C16H25N3O. The zero-order valence-corrected chi connectivity index (χ0v) is 12.2. The molecule has 2 amide bonds. The third kappa shape index (κ3) is 3.97. The Morgan fingerprint density at radius 2 is 2.05 bits per heavy atom. The minimum Gasteiger partial charge on any atom is -0.337 e. The van der Waals surface area contributed by atoms with E-state index in [0.29, 0.717) is 13.1 Å². The molecule has 0 saturated heterocycles. The third-order valence-electron chi connectivity index (χ3n) is 4.25. The van der Waals surface area contributed by atoms with Gasteiger partial charge in [-0.3, -0.25) is 0 Å². The smallest absolute Gasteiger partial charge is 0.319 e. The zero-order chi connectivity index (χ0) is 14.4. The highest BCUT2D eigenvalue weighted by molar-refractivity contribution is 5.89. The fourth-order valence-corrected chi connectivity index (χ4v) is 2.92. The van der Waals surface area contributed by atoms with Crippen molar-refractivity contribution in [3.63, 3.8) is 0 Å². The lowest BCUT2D eigenvalue weighted by Crippen LogP contribution is -2.44. The average Bonchev–Trinajstić information content (AvgIpc) is 2.46. The van der Waals surface area contributed by atoms with Crippen molar-refractivity contribution in [2.75, 3.05) is 18.4 Å². The number of nitrogens with two attached hydrogens (primary N) is 1. The second kappa shape index (κ2) is 6.75. The molecule has 20 heavy (non-hydrogen) atoms. The zero-order valence-electron chi connectivity index (χ0n) is 12.2. The molecule has 0 aliphatic heterocycles. The van der Waals surface area contributed by atoms with Crippen molar-refractivity contribution in [1.82, 2.24) is 5.32 Å². The maximum absolute atomic E-state index is 12.0. The molecule has 4 nitrogen and oxygen atoms in total. The fraction of sp³-hybridized carbons (Fsp3) is 0.562. The molecule has 1 aliphatic carbocycles. The first-order valence-electron chi connectivity index (χ1n) is 7.45. The molecule has 0 atom stereocenters. The van der Waals surface area contributed by atoms with Crippen LogP contribution in [0, 0.1) is 12.3 Å². The quantitative estimate of drug-likeness (QED) is 0.790. The first kappa shape index (κ1) is 14.9. The predicted octanol–water partition coefficient (Wildman–Crippen LogP) is 3.03. The van der Waals surface area contributed by atoms with E-state index in [4.69, 9.17) is 5.73 Å². The van der Waals surface area contributed by atoms with Crippen LogP contribution in [0.5, 0.6) is 0 Å². The van der Waals surface area contributed by atoms with E-state index in [1.54, 1.807) is 0 Å². The molecule has 1 aliphatic rings. The van der Waals surface area contributed by atoms with E-state index in [-0.39, 0.29) is 11.4 Å². The number of aryl methyl sites for hydroxylation is 1. The van der Waals surface area contributed by atoms with Gasteiger partial charge in [0.05, 0.1) is 0 Å². The van der Waals surface area contributed by atoms with Crippen LogP contribution in [0.25, 0.3) is 0 Å². The minimum absolute atomic E-state index is 0.0994. The van der Waals surface area contributed by atoms with E-state index in [1.165, 1.54) is 19.3 Å². The molecule has 4 heteroatoms. The van der Waals surface area contributed by atoms with Crippen LogP contribution in [0.15, 0.2) is 24.3 Å². The maximum atomic E-state index is 12.0. The lowest BCUT2D eigenvalue weighted by Gasteiger charge is -2.36. The summed E-state index contributed by atoms with van der Waals surface area (Å²) in [4.78, 5) is 12.0. The van der Waals surface area contributed by atoms with Gasteiger partial charge < -0.3 is 16.4 Å². The van der Waals surface area contributed by atoms with Crippen molar-refractivity contribution in [2.45, 2.75) is 39.0 Å². The van der Waals surface area contributed by atoms with E-state index >= 15 is 0 Å². The van der Waals surface area contributed by atoms with Crippen molar-refractivity contribution in [1.29, 1.82) is 0 Å². The van der Waals surface area contributed by atoms with Gasteiger partial charge in [0.2, 0.25) is 0 Å². The van der Waals surface area contributed by atoms with Crippen LogP contribution in [0.2, 0.25) is 0 Å². The lowest BCUT2D eigenvalue weighted by molar-refractivity contribution is 0.190. The second-order valence-corrected chi connectivity index (χ2v) is 5.94. The molecular weight excluding hydrogens is 250 g/mol. The molecule has 110 valence electrons. The van der Waals surface area contributed by atoms with Crippen LogP contribution in [-0.2, 0) is 0 Å². The summed E-state index contributed by atoms with van der Waals surface area (Å²) in [5.74, 6) is 0. The Morgan fingerprint density at radius 3 is 2.70 bits per heavy atom. The van der Waals surface area contributed by atoms with E-state index in [2.05, 4.69) is 10.6 Å². The van der Waals surface area contributed by atoms with Gasteiger partial charge in [0.1, 0.15) is 0 Å². The Hall–Kier alpha value is -1.55. The van der Waals surface area contributed by atoms with E-state index < -0.39 is 0 Å². The highest BCUT2D eigenvalue weighted by Gasteiger charge is 2.30. The first-order chi connectivity index (χ1) is 9.63. The summed E-state index contributed by atoms with van der Waals surface area (Å²) in [5, 5.41) is 5.85. The molecule has 0 heterocycles. The number of amides is 2. The topological polar surface area (TPSA) is 67.2 Å². The van der Waals surface area contributed by atoms with Gasteiger partial charge in [0.25, 0.3) is 0 Å². The van der Waals surface area contributed by atoms with Crippen molar-refractivity contribution in [3.05, 3.63) is 29.8 Å². The van der Waals surface area contributed by atoms with Crippen LogP contribution in [-0.4, -0.2) is 19.1 Å². The number of hydrogen-bond donors (Lipinski definition) is 3. The van der Waals surface area contributed by atoms with Gasteiger partial charge in [0, 0.05) is 17.6 Å². The Labute approximate surface area is 121 Å². The minimum atomic E-state index is -0.144. The highest BCUT2D eigenvalue weighted by Crippen LogP contribution is 2.34. The molecule has 1 aromatic carbocycles. The number of urea groups is 1. The fourth-order valence-electron chi connectivity index (χ4n) is 2.92. The number of anilines is 1. The number of carbonyl (C=O) groups is 1. The van der Waals surface area contributed by atoms with Gasteiger partial charge in [-0.2, -0.15) is 0 Å². The largest absolute Gasteiger partial charge is 0.337 e. The van der Waals surface area contributed by atoms with Gasteiger partial charge >= 0.3 is 6.03 Å². The first-order valence-corrected chi connectivity index (χ1v) is 7.45. The van der Waals surface area contributed by atoms with Crippen molar-refractivity contribution in [3.8, 4) is 0 Å². The second-order valence-electron chi connectivity index (χ2n) is 5.94. The third-order valence-corrected chi connectivity index (χ3v) is 4.25. The van der Waals surface area contributed by atoms with E-state index in [0.717, 1.165) is 24.1 Å². The van der Waals surface area contributed by atoms with E-state index in [9.17, 15) is 4.79 Å². The monoisotopic (exact) mass is 275 g/mol. The Morgan fingerprint density at radius 1 is 1.30 bits per heavy atom. The standard InChI is InChI=1S/C16H25N3O/c1-13-6-5-7-14(10-13)19-15(20)18-12-16(11-17)8-3-2-4-9-16/h5-7,10H,2-4,8-9,11-12,17H2,1H3,(H2,18,19,20). The van der Waals surface area contributed by atoms with Crippen LogP contribution in [0.1, 0.15) is 37.7 Å². The maximum Gasteiger partial charge on any atom is 0.319 e. The normalized spacial score (nSPS) is 17.5. The number of carbonyl (C=O) groups excluding carboxylic acids is 1. The molecule has 0 spiro atoms. The van der Waals surface area contributed by atoms with Gasteiger partial charge in [-0.15, -0.1) is 0 Å². The summed E-state index contributed by atoms with van der Waals surface area (Å²) in [6, 6.07) is 7.65. The summed E-state index contributed by atoms with van der Waals surface area (Å²) in [6.45, 7) is 3.33. The molecule has 1 aromatic rings. The summed E-state index contributed by atoms with van der Waals surface area (Å²) in [6.07, 6.45) is 5.97. The number of benzene rings is 1. The molecule has 4 N–H and O–H groups in total.